The van der Waals surface area contributed by atoms with Crippen LogP contribution in [0.2, 0.25) is 5.02 Å². The van der Waals surface area contributed by atoms with Crippen molar-refractivity contribution in [3.05, 3.63) is 95.0 Å². The van der Waals surface area contributed by atoms with Crippen molar-refractivity contribution in [3.63, 3.8) is 0 Å². The third-order valence-electron chi connectivity index (χ3n) is 4.61. The van der Waals surface area contributed by atoms with Gasteiger partial charge in [0.2, 0.25) is 0 Å². The van der Waals surface area contributed by atoms with E-state index in [0.717, 1.165) is 5.56 Å². The molecule has 1 aromatic heterocycles. The molecule has 0 fully saturated rings. The van der Waals surface area contributed by atoms with Crippen LogP contribution in [0.25, 0.3) is 22.2 Å². The van der Waals surface area contributed by atoms with Gasteiger partial charge in [-0.05, 0) is 36.4 Å². The molecule has 0 saturated heterocycles. The summed E-state index contributed by atoms with van der Waals surface area (Å²) >= 11 is 5.97. The molecule has 0 bridgehead atoms. The lowest BCUT2D eigenvalue weighted by molar-refractivity contribution is -0.0499. The average molecular weight is 452 g/mol. The molecule has 0 unspecified atom stereocenters. The molecule has 4 aromatic rings. The summed E-state index contributed by atoms with van der Waals surface area (Å²) in [6.07, 6.45) is 1.25. The van der Waals surface area contributed by atoms with Crippen LogP contribution >= 0.6 is 11.6 Å². The van der Waals surface area contributed by atoms with E-state index in [1.165, 1.54) is 12.3 Å². The summed E-state index contributed by atoms with van der Waals surface area (Å²) in [6, 6.07) is 22.2. The van der Waals surface area contributed by atoms with Crippen molar-refractivity contribution in [1.82, 2.24) is 10.4 Å². The molecule has 1 amide bonds. The number of rotatable bonds is 6. The first-order valence-corrected chi connectivity index (χ1v) is 9.92. The van der Waals surface area contributed by atoms with E-state index in [1.807, 2.05) is 30.3 Å². The standard InChI is InChI=1S/C24H16ClF2N3O2/c25-17-11-9-15(10-12-17)21-13-19(18-6-2-3-7-20(18)29-21)23(31)30-28-14-16-5-1-4-8-22(16)32-24(26)27/h1-14,24H,(H,30,31). The summed E-state index contributed by atoms with van der Waals surface area (Å²) in [7, 11) is 0. The molecule has 3 aromatic carbocycles. The Morgan fingerprint density at radius 3 is 2.53 bits per heavy atom. The maximum atomic E-state index is 12.9. The first kappa shape index (κ1) is 21.4. The largest absolute Gasteiger partial charge is 0.434 e. The number of ether oxygens (including phenoxy) is 1. The van der Waals surface area contributed by atoms with Crippen molar-refractivity contribution in [2.75, 3.05) is 0 Å². The molecule has 1 N–H and O–H groups in total. The Morgan fingerprint density at radius 2 is 1.75 bits per heavy atom. The van der Waals surface area contributed by atoms with Crippen LogP contribution in [-0.2, 0) is 0 Å². The molecular formula is C24H16ClF2N3O2. The zero-order valence-corrected chi connectivity index (χ0v) is 17.3. The molecule has 5 nitrogen and oxygen atoms in total. The lowest BCUT2D eigenvalue weighted by Crippen LogP contribution is -2.18. The number of carbonyl (C=O) groups excluding carboxylic acids is 1. The van der Waals surface area contributed by atoms with E-state index >= 15 is 0 Å². The number of hydrogen-bond acceptors (Lipinski definition) is 4. The van der Waals surface area contributed by atoms with Crippen LogP contribution in [0.5, 0.6) is 5.75 Å². The molecule has 0 spiro atoms. The highest BCUT2D eigenvalue weighted by Gasteiger charge is 2.14. The summed E-state index contributed by atoms with van der Waals surface area (Å²) in [5.41, 5.74) is 5.16. The van der Waals surface area contributed by atoms with Crippen LogP contribution in [0.4, 0.5) is 8.78 Å². The zero-order chi connectivity index (χ0) is 22.5. The fourth-order valence-corrected chi connectivity index (χ4v) is 3.27. The van der Waals surface area contributed by atoms with E-state index in [9.17, 15) is 13.6 Å². The summed E-state index contributed by atoms with van der Waals surface area (Å²) in [6.45, 7) is -2.96. The maximum absolute atomic E-state index is 12.9. The summed E-state index contributed by atoms with van der Waals surface area (Å²) < 4.78 is 29.6. The van der Waals surface area contributed by atoms with E-state index in [2.05, 4.69) is 20.2 Å². The van der Waals surface area contributed by atoms with E-state index in [1.54, 1.807) is 42.5 Å². The molecular weight excluding hydrogens is 436 g/mol. The minimum atomic E-state index is -2.96. The van der Waals surface area contributed by atoms with Crippen LogP contribution in [0, 0.1) is 0 Å². The molecule has 0 aliphatic rings. The van der Waals surface area contributed by atoms with Gasteiger partial charge in [-0.25, -0.2) is 10.4 Å². The van der Waals surface area contributed by atoms with Crippen molar-refractivity contribution in [1.29, 1.82) is 0 Å². The molecule has 0 atom stereocenters. The van der Waals surface area contributed by atoms with Gasteiger partial charge in [0.15, 0.2) is 0 Å². The highest BCUT2D eigenvalue weighted by atomic mass is 35.5. The van der Waals surface area contributed by atoms with Gasteiger partial charge in [-0.1, -0.05) is 54.1 Å². The molecule has 0 saturated carbocycles. The van der Waals surface area contributed by atoms with Crippen molar-refractivity contribution in [2.45, 2.75) is 6.61 Å². The van der Waals surface area contributed by atoms with Gasteiger partial charge in [0, 0.05) is 21.5 Å². The number of nitrogens with zero attached hydrogens (tertiary/aromatic N) is 2. The number of amides is 1. The predicted molar refractivity (Wildman–Crippen MR) is 120 cm³/mol. The second kappa shape index (κ2) is 9.53. The van der Waals surface area contributed by atoms with Crippen LogP contribution < -0.4 is 10.2 Å². The number of hydrazone groups is 1. The SMILES string of the molecule is O=C(NN=Cc1ccccc1OC(F)F)c1cc(-c2ccc(Cl)cc2)nc2ccccc12. The normalized spacial score (nSPS) is 11.2. The Labute approximate surface area is 187 Å². The molecule has 0 aliphatic heterocycles. The molecule has 32 heavy (non-hydrogen) atoms. The highest BCUT2D eigenvalue weighted by molar-refractivity contribution is 6.30. The predicted octanol–water partition coefficient (Wildman–Crippen LogP) is 5.92. The Kier molecular flexibility index (Phi) is 6.37. The molecule has 160 valence electrons. The second-order valence-corrected chi connectivity index (χ2v) is 7.13. The van der Waals surface area contributed by atoms with Gasteiger partial charge in [-0.15, -0.1) is 0 Å². The van der Waals surface area contributed by atoms with E-state index in [0.29, 0.717) is 32.7 Å². The number of halogens is 3. The number of nitrogens with one attached hydrogen (secondary N) is 1. The topological polar surface area (TPSA) is 63.6 Å². The maximum Gasteiger partial charge on any atom is 0.387 e. The number of alkyl halides is 2. The van der Waals surface area contributed by atoms with Crippen LogP contribution in [-0.4, -0.2) is 23.7 Å². The number of para-hydroxylation sites is 2. The van der Waals surface area contributed by atoms with Crippen LogP contribution in [0.3, 0.4) is 0 Å². The molecule has 0 aliphatic carbocycles. The molecule has 1 heterocycles. The molecule has 4 rings (SSSR count). The van der Waals surface area contributed by atoms with E-state index < -0.39 is 12.5 Å². The lowest BCUT2D eigenvalue weighted by atomic mass is 10.0. The van der Waals surface area contributed by atoms with E-state index in [-0.39, 0.29) is 5.75 Å². The quantitative estimate of drug-likeness (QED) is 0.292. The minimum Gasteiger partial charge on any atom is -0.434 e. The summed E-state index contributed by atoms with van der Waals surface area (Å²) in [5, 5.41) is 5.17. The number of fused-ring (bicyclic) bond motifs is 1. The Hall–Kier alpha value is -3.84. The van der Waals surface area contributed by atoms with Crippen molar-refractivity contribution in [3.8, 4) is 17.0 Å². The fraction of sp³-hybridized carbons (Fsp3) is 0.0417. The molecule has 0 radical (unpaired) electrons. The van der Waals surface area contributed by atoms with Gasteiger partial charge in [0.1, 0.15) is 5.75 Å². The number of carbonyl (C=O) groups is 1. The first-order valence-electron chi connectivity index (χ1n) is 9.54. The highest BCUT2D eigenvalue weighted by Crippen LogP contribution is 2.26. The third-order valence-corrected chi connectivity index (χ3v) is 4.86. The summed E-state index contributed by atoms with van der Waals surface area (Å²) in [5.74, 6) is -0.512. The number of pyridine rings is 1. The fourth-order valence-electron chi connectivity index (χ4n) is 3.14. The van der Waals surface area contributed by atoms with Gasteiger partial charge < -0.3 is 4.74 Å². The minimum absolute atomic E-state index is 0.0418. The number of aromatic nitrogens is 1. The smallest absolute Gasteiger partial charge is 0.387 e. The summed E-state index contributed by atoms with van der Waals surface area (Å²) in [4.78, 5) is 17.6. The average Bonchev–Trinajstić information content (AvgIpc) is 2.79. The second-order valence-electron chi connectivity index (χ2n) is 6.69. The van der Waals surface area contributed by atoms with Gasteiger partial charge in [-0.2, -0.15) is 13.9 Å². The first-order chi connectivity index (χ1) is 15.5. The Bertz CT molecular complexity index is 1290. The van der Waals surface area contributed by atoms with Gasteiger partial charge in [0.25, 0.3) is 5.91 Å². The van der Waals surface area contributed by atoms with Crippen LogP contribution in [0.15, 0.2) is 84.0 Å². The molecule has 8 heteroatoms. The lowest BCUT2D eigenvalue weighted by Gasteiger charge is -2.09. The zero-order valence-electron chi connectivity index (χ0n) is 16.5. The van der Waals surface area contributed by atoms with Gasteiger partial charge >= 0.3 is 6.61 Å². The number of benzene rings is 3. The van der Waals surface area contributed by atoms with E-state index in [4.69, 9.17) is 11.6 Å². The Morgan fingerprint density at radius 1 is 1.03 bits per heavy atom. The van der Waals surface area contributed by atoms with Crippen molar-refractivity contribution >= 4 is 34.6 Å². The van der Waals surface area contributed by atoms with Crippen molar-refractivity contribution in [2.24, 2.45) is 5.10 Å². The number of hydrogen-bond donors (Lipinski definition) is 1. The third kappa shape index (κ3) is 4.90. The monoisotopic (exact) mass is 451 g/mol. The Balaban J connectivity index is 1.64. The van der Waals surface area contributed by atoms with Crippen LogP contribution in [0.1, 0.15) is 15.9 Å². The van der Waals surface area contributed by atoms with Gasteiger partial charge in [-0.3, -0.25) is 4.79 Å². The van der Waals surface area contributed by atoms with Gasteiger partial charge in [0.05, 0.1) is 23.0 Å². The van der Waals surface area contributed by atoms with Crippen molar-refractivity contribution < 1.29 is 18.3 Å².